The van der Waals surface area contributed by atoms with Gasteiger partial charge in [-0.2, -0.15) is 0 Å². The van der Waals surface area contributed by atoms with E-state index < -0.39 is 11.9 Å². The summed E-state index contributed by atoms with van der Waals surface area (Å²) >= 11 is 3.42. The van der Waals surface area contributed by atoms with E-state index in [1.54, 1.807) is 11.8 Å². The molecule has 0 saturated carbocycles. The summed E-state index contributed by atoms with van der Waals surface area (Å²) < 4.78 is 0.941. The molecule has 0 aromatic heterocycles. The van der Waals surface area contributed by atoms with E-state index in [2.05, 4.69) is 21.2 Å². The lowest BCUT2D eigenvalue weighted by atomic mass is 9.87. The number of nitrogens with zero attached hydrogens (tertiary/aromatic N) is 1. The van der Waals surface area contributed by atoms with Crippen molar-refractivity contribution in [3.8, 4) is 0 Å². The number of hydrogen-bond acceptors (Lipinski definition) is 2. The molecule has 0 bridgehead atoms. The van der Waals surface area contributed by atoms with Crippen molar-refractivity contribution in [2.24, 2.45) is 11.8 Å². The van der Waals surface area contributed by atoms with Crippen molar-refractivity contribution in [3.05, 3.63) is 28.2 Å². The molecule has 1 aromatic rings. The predicted octanol–water partition coefficient (Wildman–Crippen LogP) is 2.94. The lowest BCUT2D eigenvalue weighted by Crippen LogP contribution is -2.54. The van der Waals surface area contributed by atoms with Crippen LogP contribution in [0.3, 0.4) is 0 Å². The summed E-state index contributed by atoms with van der Waals surface area (Å²) in [6.07, 6.45) is 0. The highest BCUT2D eigenvalue weighted by Gasteiger charge is 2.37. The van der Waals surface area contributed by atoms with Gasteiger partial charge < -0.3 is 15.3 Å². The first kappa shape index (κ1) is 14.8. The van der Waals surface area contributed by atoms with Crippen LogP contribution in [0.2, 0.25) is 0 Å². The second-order valence-corrected chi connectivity index (χ2v) is 6.04. The smallest absolute Gasteiger partial charge is 0.321 e. The standard InChI is InChI=1S/C14H17BrN2O3/c1-8-3-4-11(5-12(8)15)16-14(20)17-6-10(7-17)9(2)13(18)19/h3-5,9-10H,6-7H2,1-2H3,(H,16,20)(H,18,19). The van der Waals surface area contributed by atoms with Gasteiger partial charge in [0.1, 0.15) is 0 Å². The maximum Gasteiger partial charge on any atom is 0.321 e. The van der Waals surface area contributed by atoms with Crippen molar-refractivity contribution in [1.29, 1.82) is 0 Å². The van der Waals surface area contributed by atoms with Crippen LogP contribution in [0.1, 0.15) is 12.5 Å². The van der Waals surface area contributed by atoms with E-state index in [-0.39, 0.29) is 11.9 Å². The highest BCUT2D eigenvalue weighted by molar-refractivity contribution is 9.10. The summed E-state index contributed by atoms with van der Waals surface area (Å²) in [5, 5.41) is 11.7. The Kier molecular flexibility index (Phi) is 4.32. The number of amides is 2. The van der Waals surface area contributed by atoms with Crippen LogP contribution in [-0.2, 0) is 4.79 Å². The second kappa shape index (κ2) is 5.83. The van der Waals surface area contributed by atoms with Crippen LogP contribution in [0.5, 0.6) is 0 Å². The van der Waals surface area contributed by atoms with Crippen LogP contribution in [0, 0.1) is 18.8 Å². The first-order chi connectivity index (χ1) is 9.38. The molecule has 0 aliphatic carbocycles. The number of carboxylic acids is 1. The number of urea groups is 1. The molecule has 2 N–H and O–H groups in total. The number of carbonyl (C=O) groups is 2. The molecule has 6 heteroatoms. The molecule has 1 aliphatic heterocycles. The Balaban J connectivity index is 1.88. The Bertz CT molecular complexity index is 541. The number of aliphatic carboxylic acids is 1. The minimum Gasteiger partial charge on any atom is -0.481 e. The average Bonchev–Trinajstić information content (AvgIpc) is 2.31. The lowest BCUT2D eigenvalue weighted by Gasteiger charge is -2.41. The molecule has 0 spiro atoms. The van der Waals surface area contributed by atoms with Crippen molar-refractivity contribution in [2.75, 3.05) is 18.4 Å². The summed E-state index contributed by atoms with van der Waals surface area (Å²) in [6, 6.07) is 5.43. The van der Waals surface area contributed by atoms with E-state index in [4.69, 9.17) is 5.11 Å². The number of rotatable bonds is 3. The van der Waals surface area contributed by atoms with Gasteiger partial charge in [0.05, 0.1) is 5.92 Å². The van der Waals surface area contributed by atoms with Crippen molar-refractivity contribution in [2.45, 2.75) is 13.8 Å². The molecule has 0 radical (unpaired) electrons. The number of nitrogens with one attached hydrogen (secondary N) is 1. The number of likely N-dealkylation sites (tertiary alicyclic amines) is 1. The van der Waals surface area contributed by atoms with Gasteiger partial charge in [-0.1, -0.05) is 28.9 Å². The minimum absolute atomic E-state index is 0.0444. The highest BCUT2D eigenvalue weighted by Crippen LogP contribution is 2.26. The van der Waals surface area contributed by atoms with Crippen LogP contribution in [0.15, 0.2) is 22.7 Å². The van der Waals surface area contributed by atoms with Gasteiger partial charge >= 0.3 is 12.0 Å². The predicted molar refractivity (Wildman–Crippen MR) is 79.8 cm³/mol. The molecule has 1 fully saturated rings. The van der Waals surface area contributed by atoms with Gasteiger partial charge in [-0.05, 0) is 24.6 Å². The molecule has 1 aromatic carbocycles. The van der Waals surface area contributed by atoms with Crippen LogP contribution in [0.4, 0.5) is 10.5 Å². The molecule has 2 amide bonds. The van der Waals surface area contributed by atoms with Gasteiger partial charge in [0.25, 0.3) is 0 Å². The SMILES string of the molecule is Cc1ccc(NC(=O)N2CC(C(C)C(=O)O)C2)cc1Br. The normalized spacial score (nSPS) is 16.4. The maximum atomic E-state index is 12.0. The summed E-state index contributed by atoms with van der Waals surface area (Å²) in [4.78, 5) is 24.5. The van der Waals surface area contributed by atoms with Crippen molar-refractivity contribution >= 4 is 33.6 Å². The third-order valence-corrected chi connectivity index (χ3v) is 4.57. The van der Waals surface area contributed by atoms with Crippen LogP contribution >= 0.6 is 15.9 Å². The fraction of sp³-hybridized carbons (Fsp3) is 0.429. The summed E-state index contributed by atoms with van der Waals surface area (Å²) in [5.74, 6) is -1.17. The topological polar surface area (TPSA) is 69.6 Å². The number of hydrogen-bond donors (Lipinski definition) is 2. The van der Waals surface area contributed by atoms with Crippen LogP contribution in [-0.4, -0.2) is 35.1 Å². The molecule has 1 unspecified atom stereocenters. The van der Waals surface area contributed by atoms with E-state index in [9.17, 15) is 9.59 Å². The number of halogens is 1. The third-order valence-electron chi connectivity index (χ3n) is 3.72. The Morgan fingerprint density at radius 3 is 2.65 bits per heavy atom. The molecule has 1 aliphatic rings. The third kappa shape index (κ3) is 3.12. The molecule has 1 saturated heterocycles. The van der Waals surface area contributed by atoms with Gasteiger partial charge in [-0.3, -0.25) is 4.79 Å². The summed E-state index contributed by atoms with van der Waals surface area (Å²) in [5.41, 5.74) is 1.82. The van der Waals surface area contributed by atoms with E-state index >= 15 is 0 Å². The maximum absolute atomic E-state index is 12.0. The number of anilines is 1. The number of carboxylic acid groups (broad SMARTS) is 1. The van der Waals surface area contributed by atoms with Gasteiger partial charge in [0.15, 0.2) is 0 Å². The second-order valence-electron chi connectivity index (χ2n) is 5.19. The zero-order valence-corrected chi connectivity index (χ0v) is 13.0. The van der Waals surface area contributed by atoms with E-state index in [0.717, 1.165) is 15.7 Å². The van der Waals surface area contributed by atoms with Crippen molar-refractivity contribution < 1.29 is 14.7 Å². The van der Waals surface area contributed by atoms with E-state index in [1.165, 1.54) is 0 Å². The van der Waals surface area contributed by atoms with E-state index in [0.29, 0.717) is 13.1 Å². The Labute approximate surface area is 126 Å². The van der Waals surface area contributed by atoms with Gasteiger partial charge in [-0.15, -0.1) is 0 Å². The summed E-state index contributed by atoms with van der Waals surface area (Å²) in [6.45, 7) is 4.64. The molecule has 2 rings (SSSR count). The molecule has 20 heavy (non-hydrogen) atoms. The first-order valence-corrected chi connectivity index (χ1v) is 7.22. The largest absolute Gasteiger partial charge is 0.481 e. The lowest BCUT2D eigenvalue weighted by molar-refractivity contribution is -0.144. The quantitative estimate of drug-likeness (QED) is 0.888. The molecule has 108 valence electrons. The minimum atomic E-state index is -0.808. The summed E-state index contributed by atoms with van der Waals surface area (Å²) in [7, 11) is 0. The van der Waals surface area contributed by atoms with Crippen molar-refractivity contribution in [3.63, 3.8) is 0 Å². The highest BCUT2D eigenvalue weighted by atomic mass is 79.9. The fourth-order valence-corrected chi connectivity index (χ4v) is 2.45. The molecular weight excluding hydrogens is 324 g/mol. The number of carbonyl (C=O) groups excluding carboxylic acids is 1. The van der Waals surface area contributed by atoms with Gasteiger partial charge in [0, 0.05) is 29.2 Å². The first-order valence-electron chi connectivity index (χ1n) is 6.43. The van der Waals surface area contributed by atoms with E-state index in [1.807, 2.05) is 25.1 Å². The zero-order valence-electron chi connectivity index (χ0n) is 11.4. The van der Waals surface area contributed by atoms with Gasteiger partial charge in [-0.25, -0.2) is 4.79 Å². The molecule has 5 nitrogen and oxygen atoms in total. The molecular formula is C14H17BrN2O3. The Hall–Kier alpha value is -1.56. The Morgan fingerprint density at radius 2 is 2.10 bits per heavy atom. The Morgan fingerprint density at radius 1 is 1.45 bits per heavy atom. The van der Waals surface area contributed by atoms with Crippen LogP contribution in [0.25, 0.3) is 0 Å². The molecule has 1 atom stereocenters. The fourth-order valence-electron chi connectivity index (χ4n) is 2.07. The average molecular weight is 341 g/mol. The van der Waals surface area contributed by atoms with Crippen LogP contribution < -0.4 is 5.32 Å². The monoisotopic (exact) mass is 340 g/mol. The number of benzene rings is 1. The van der Waals surface area contributed by atoms with Crippen molar-refractivity contribution in [1.82, 2.24) is 4.90 Å². The zero-order chi connectivity index (χ0) is 14.9. The van der Waals surface area contributed by atoms with Gasteiger partial charge in [0.2, 0.25) is 0 Å². The molecule has 1 heterocycles. The number of aryl methyl sites for hydroxylation is 1.